The van der Waals surface area contributed by atoms with E-state index in [-0.39, 0.29) is 11.4 Å². The zero-order chi connectivity index (χ0) is 15.2. The van der Waals surface area contributed by atoms with E-state index in [1.54, 1.807) is 12.1 Å². The molecule has 2 aromatic rings. The van der Waals surface area contributed by atoms with Crippen molar-refractivity contribution in [3.8, 4) is 5.75 Å². The first-order chi connectivity index (χ1) is 10.0. The van der Waals surface area contributed by atoms with Crippen LogP contribution in [0.2, 0.25) is 0 Å². The van der Waals surface area contributed by atoms with E-state index in [0.29, 0.717) is 11.4 Å². The van der Waals surface area contributed by atoms with Gasteiger partial charge in [-0.05, 0) is 36.4 Å². The van der Waals surface area contributed by atoms with Crippen LogP contribution in [-0.4, -0.2) is 16.1 Å². The highest BCUT2D eigenvalue weighted by atomic mass is 16.6. The molecule has 108 valence electrons. The van der Waals surface area contributed by atoms with Gasteiger partial charge in [-0.3, -0.25) is 21.0 Å². The number of nitrogens with one attached hydrogen (secondary N) is 3. The molecule has 0 aliphatic rings. The topological polar surface area (TPSA) is 117 Å². The van der Waals surface area contributed by atoms with Gasteiger partial charge in [-0.1, -0.05) is 0 Å². The zero-order valence-electron chi connectivity index (χ0n) is 10.7. The summed E-state index contributed by atoms with van der Waals surface area (Å²) in [5.41, 5.74) is 5.96. The van der Waals surface area contributed by atoms with Gasteiger partial charge in [0.2, 0.25) is 0 Å². The number of benzene rings is 2. The molecule has 0 unspecified atom stereocenters. The standard InChI is InChI=1S/C13H12N4O4/c18-12-7-3-9(4-8-12)14-13(19)16-15-10-1-5-11(6-2-10)17(20)21/h1-8,15,18H,(H2,14,16,19). The van der Waals surface area contributed by atoms with Crippen molar-refractivity contribution < 1.29 is 14.8 Å². The predicted molar refractivity (Wildman–Crippen MR) is 77.0 cm³/mol. The molecule has 0 radical (unpaired) electrons. The fourth-order valence-electron chi connectivity index (χ4n) is 1.50. The SMILES string of the molecule is O=C(NNc1ccc([N+](=O)[O-])cc1)Nc1ccc(O)cc1. The number of hydrogen-bond acceptors (Lipinski definition) is 5. The van der Waals surface area contributed by atoms with Gasteiger partial charge in [-0.2, -0.15) is 0 Å². The monoisotopic (exact) mass is 288 g/mol. The molecule has 0 saturated heterocycles. The van der Waals surface area contributed by atoms with E-state index in [1.165, 1.54) is 36.4 Å². The smallest absolute Gasteiger partial charge is 0.337 e. The lowest BCUT2D eigenvalue weighted by molar-refractivity contribution is -0.384. The lowest BCUT2D eigenvalue weighted by Gasteiger charge is -2.09. The number of amides is 2. The van der Waals surface area contributed by atoms with Gasteiger partial charge in [0.25, 0.3) is 5.69 Å². The van der Waals surface area contributed by atoms with Gasteiger partial charge >= 0.3 is 6.03 Å². The predicted octanol–water partition coefficient (Wildman–Crippen LogP) is 2.45. The summed E-state index contributed by atoms with van der Waals surface area (Å²) in [5.74, 6) is 0.102. The van der Waals surface area contributed by atoms with Gasteiger partial charge in [0.05, 0.1) is 10.6 Å². The number of aromatic hydroxyl groups is 1. The summed E-state index contributed by atoms with van der Waals surface area (Å²) in [4.78, 5) is 21.6. The van der Waals surface area contributed by atoms with Gasteiger partial charge in [-0.25, -0.2) is 4.79 Å². The second-order valence-electron chi connectivity index (χ2n) is 4.05. The number of anilines is 2. The molecule has 0 heterocycles. The Morgan fingerprint density at radius 2 is 1.57 bits per heavy atom. The van der Waals surface area contributed by atoms with Gasteiger partial charge in [-0.15, -0.1) is 0 Å². The Kier molecular flexibility index (Phi) is 4.20. The van der Waals surface area contributed by atoms with Crippen LogP contribution in [0.5, 0.6) is 5.75 Å². The van der Waals surface area contributed by atoms with E-state index in [9.17, 15) is 14.9 Å². The first kappa shape index (κ1) is 14.1. The van der Waals surface area contributed by atoms with Crippen LogP contribution in [0.25, 0.3) is 0 Å². The van der Waals surface area contributed by atoms with Crippen molar-refractivity contribution in [3.05, 3.63) is 58.6 Å². The van der Waals surface area contributed by atoms with Crippen LogP contribution in [0, 0.1) is 10.1 Å². The van der Waals surface area contributed by atoms with E-state index in [4.69, 9.17) is 5.11 Å². The summed E-state index contributed by atoms with van der Waals surface area (Å²) in [7, 11) is 0. The highest BCUT2D eigenvalue weighted by molar-refractivity contribution is 5.90. The number of hydrazine groups is 1. The van der Waals surface area contributed by atoms with E-state index in [2.05, 4.69) is 16.2 Å². The van der Waals surface area contributed by atoms with E-state index < -0.39 is 11.0 Å². The summed E-state index contributed by atoms with van der Waals surface area (Å²) in [6.45, 7) is 0. The summed E-state index contributed by atoms with van der Waals surface area (Å²) in [5, 5.41) is 22.1. The number of hydrogen-bond donors (Lipinski definition) is 4. The molecule has 8 nitrogen and oxygen atoms in total. The highest BCUT2D eigenvalue weighted by Gasteiger charge is 2.05. The van der Waals surface area contributed by atoms with Crippen molar-refractivity contribution in [2.24, 2.45) is 0 Å². The molecule has 4 N–H and O–H groups in total. The third-order valence-electron chi connectivity index (χ3n) is 2.52. The number of non-ortho nitro benzene ring substituents is 1. The molecule has 0 fully saturated rings. The van der Waals surface area contributed by atoms with Crippen molar-refractivity contribution >= 4 is 23.1 Å². The number of rotatable bonds is 4. The second kappa shape index (κ2) is 6.24. The molecule has 8 heteroatoms. The van der Waals surface area contributed by atoms with Gasteiger partial charge in [0.15, 0.2) is 0 Å². The number of carbonyl (C=O) groups is 1. The van der Waals surface area contributed by atoms with Crippen LogP contribution in [-0.2, 0) is 0 Å². The van der Waals surface area contributed by atoms with E-state index >= 15 is 0 Å². The summed E-state index contributed by atoms with van der Waals surface area (Å²) in [6, 6.07) is 11.0. The zero-order valence-corrected chi connectivity index (χ0v) is 10.7. The molecule has 0 aliphatic heterocycles. The Bertz CT molecular complexity index is 640. The first-order valence-corrected chi connectivity index (χ1v) is 5.91. The summed E-state index contributed by atoms with van der Waals surface area (Å²) in [6.07, 6.45) is 0. The normalized spacial score (nSPS) is 9.71. The molecular formula is C13H12N4O4. The van der Waals surface area contributed by atoms with Crippen LogP contribution < -0.4 is 16.2 Å². The third-order valence-corrected chi connectivity index (χ3v) is 2.52. The fourth-order valence-corrected chi connectivity index (χ4v) is 1.50. The number of urea groups is 1. The van der Waals surface area contributed by atoms with Crippen LogP contribution in [0.1, 0.15) is 0 Å². The van der Waals surface area contributed by atoms with Crippen LogP contribution >= 0.6 is 0 Å². The van der Waals surface area contributed by atoms with Crippen molar-refractivity contribution in [3.63, 3.8) is 0 Å². The number of nitro groups is 1. The Labute approximate surface area is 119 Å². The third kappa shape index (κ3) is 4.10. The molecular weight excluding hydrogens is 276 g/mol. The lowest BCUT2D eigenvalue weighted by Crippen LogP contribution is -2.33. The Balaban J connectivity index is 1.86. The molecule has 2 aromatic carbocycles. The van der Waals surface area contributed by atoms with Crippen LogP contribution in [0.3, 0.4) is 0 Å². The molecule has 0 atom stereocenters. The summed E-state index contributed by atoms with van der Waals surface area (Å²) < 4.78 is 0. The maximum Gasteiger partial charge on any atom is 0.337 e. The van der Waals surface area contributed by atoms with Gasteiger partial charge < -0.3 is 10.4 Å². The molecule has 21 heavy (non-hydrogen) atoms. The fraction of sp³-hybridized carbons (Fsp3) is 0. The minimum atomic E-state index is -0.515. The first-order valence-electron chi connectivity index (χ1n) is 5.91. The van der Waals surface area contributed by atoms with Crippen molar-refractivity contribution in [1.82, 2.24) is 5.43 Å². The molecule has 0 spiro atoms. The Hall–Kier alpha value is -3.29. The minimum Gasteiger partial charge on any atom is -0.508 e. The van der Waals surface area contributed by atoms with Crippen LogP contribution in [0.15, 0.2) is 48.5 Å². The average molecular weight is 288 g/mol. The minimum absolute atomic E-state index is 0.0332. The molecule has 0 saturated carbocycles. The maximum absolute atomic E-state index is 11.6. The Morgan fingerprint density at radius 3 is 2.14 bits per heavy atom. The average Bonchev–Trinajstić information content (AvgIpc) is 2.48. The number of nitrogens with zero attached hydrogens (tertiary/aromatic N) is 1. The molecule has 0 bridgehead atoms. The second-order valence-corrected chi connectivity index (χ2v) is 4.05. The number of carbonyl (C=O) groups excluding carboxylic acids is 1. The van der Waals surface area contributed by atoms with Crippen molar-refractivity contribution in [2.75, 3.05) is 10.7 Å². The Morgan fingerprint density at radius 1 is 1.00 bits per heavy atom. The molecule has 2 amide bonds. The lowest BCUT2D eigenvalue weighted by atomic mass is 10.3. The maximum atomic E-state index is 11.6. The van der Waals surface area contributed by atoms with Crippen LogP contribution in [0.4, 0.5) is 21.9 Å². The van der Waals surface area contributed by atoms with Crippen molar-refractivity contribution in [1.29, 1.82) is 0 Å². The van der Waals surface area contributed by atoms with E-state index in [1.807, 2.05) is 0 Å². The quantitative estimate of drug-likeness (QED) is 0.391. The number of phenolic OH excluding ortho intramolecular Hbond substituents is 1. The molecule has 2 rings (SSSR count). The van der Waals surface area contributed by atoms with Gasteiger partial charge in [0.1, 0.15) is 5.75 Å². The number of nitro benzene ring substituents is 1. The highest BCUT2D eigenvalue weighted by Crippen LogP contribution is 2.15. The van der Waals surface area contributed by atoms with E-state index in [0.717, 1.165) is 0 Å². The van der Waals surface area contributed by atoms with Gasteiger partial charge in [0, 0.05) is 17.8 Å². The summed E-state index contributed by atoms with van der Waals surface area (Å²) >= 11 is 0. The largest absolute Gasteiger partial charge is 0.508 e. The number of phenols is 1. The molecule has 0 aromatic heterocycles. The molecule has 0 aliphatic carbocycles. The van der Waals surface area contributed by atoms with Crippen molar-refractivity contribution in [2.45, 2.75) is 0 Å².